The van der Waals surface area contributed by atoms with Gasteiger partial charge >= 0.3 is 0 Å². The van der Waals surface area contributed by atoms with Gasteiger partial charge in [-0.25, -0.2) is 4.98 Å². The van der Waals surface area contributed by atoms with Crippen LogP contribution in [0.4, 0.5) is 5.82 Å². The maximum atomic E-state index is 8.84. The van der Waals surface area contributed by atoms with E-state index in [4.69, 9.17) is 10.00 Å². The quantitative estimate of drug-likeness (QED) is 0.746. The van der Waals surface area contributed by atoms with Gasteiger partial charge in [-0.1, -0.05) is 12.2 Å². The van der Waals surface area contributed by atoms with Crippen LogP contribution in [-0.4, -0.2) is 31.8 Å². The molecule has 1 aromatic heterocycles. The lowest BCUT2D eigenvalue weighted by atomic mass is 9.94. The first-order valence-electron chi connectivity index (χ1n) is 7.08. The van der Waals surface area contributed by atoms with Gasteiger partial charge in [0.25, 0.3) is 0 Å². The van der Waals surface area contributed by atoms with E-state index in [0.29, 0.717) is 18.1 Å². The van der Waals surface area contributed by atoms with E-state index in [-0.39, 0.29) is 0 Å². The molecule has 106 valence electrons. The van der Waals surface area contributed by atoms with Crippen molar-refractivity contribution in [2.45, 2.75) is 19.3 Å². The van der Waals surface area contributed by atoms with Gasteiger partial charge in [0.05, 0.1) is 12.2 Å². The largest absolute Gasteiger partial charge is 0.383 e. The fourth-order valence-corrected chi connectivity index (χ4v) is 2.47. The Hall–Kier alpha value is -1.86. The molecule has 0 fully saturated rings. The summed E-state index contributed by atoms with van der Waals surface area (Å²) in [7, 11) is 1.72. The van der Waals surface area contributed by atoms with Crippen molar-refractivity contribution >= 4 is 5.82 Å². The zero-order valence-corrected chi connectivity index (χ0v) is 12.0. The maximum absolute atomic E-state index is 8.84. The van der Waals surface area contributed by atoms with E-state index in [0.717, 1.165) is 25.3 Å². The van der Waals surface area contributed by atoms with Gasteiger partial charge in [0.1, 0.15) is 11.9 Å². The normalized spacial score (nSPS) is 17.7. The van der Waals surface area contributed by atoms with Crippen LogP contribution < -0.4 is 4.90 Å². The predicted octanol–water partition coefficient (Wildman–Crippen LogP) is 2.76. The minimum Gasteiger partial charge on any atom is -0.383 e. The lowest BCUT2D eigenvalue weighted by Crippen LogP contribution is -2.33. The van der Waals surface area contributed by atoms with Crippen molar-refractivity contribution in [3.63, 3.8) is 0 Å². The van der Waals surface area contributed by atoms with Gasteiger partial charge in [-0.2, -0.15) is 5.26 Å². The van der Waals surface area contributed by atoms with Gasteiger partial charge in [0.2, 0.25) is 0 Å². The molecule has 0 saturated heterocycles. The van der Waals surface area contributed by atoms with Crippen LogP contribution in [0.2, 0.25) is 0 Å². The van der Waals surface area contributed by atoms with Crippen molar-refractivity contribution in [2.75, 3.05) is 31.7 Å². The van der Waals surface area contributed by atoms with Crippen LogP contribution in [0.5, 0.6) is 0 Å². The molecule has 1 aliphatic carbocycles. The average molecular weight is 271 g/mol. The third-order valence-corrected chi connectivity index (χ3v) is 3.62. The molecule has 0 N–H and O–H groups in total. The molecule has 1 unspecified atom stereocenters. The summed E-state index contributed by atoms with van der Waals surface area (Å²) in [4.78, 5) is 6.66. The molecule has 0 saturated carbocycles. The summed E-state index contributed by atoms with van der Waals surface area (Å²) in [6.07, 6.45) is 9.71. The summed E-state index contributed by atoms with van der Waals surface area (Å²) in [5.74, 6) is 1.60. The van der Waals surface area contributed by atoms with Crippen molar-refractivity contribution in [2.24, 2.45) is 5.92 Å². The highest BCUT2D eigenvalue weighted by Crippen LogP contribution is 2.21. The Morgan fingerprint density at radius 3 is 2.95 bits per heavy atom. The van der Waals surface area contributed by atoms with E-state index in [1.165, 1.54) is 12.8 Å². The number of allylic oxidation sites excluding steroid dienone is 2. The van der Waals surface area contributed by atoms with E-state index < -0.39 is 0 Å². The van der Waals surface area contributed by atoms with E-state index in [1.54, 1.807) is 13.3 Å². The number of aromatic nitrogens is 1. The lowest BCUT2D eigenvalue weighted by Gasteiger charge is -2.29. The van der Waals surface area contributed by atoms with Crippen LogP contribution in [0.15, 0.2) is 30.5 Å². The lowest BCUT2D eigenvalue weighted by molar-refractivity contribution is 0.203. The Morgan fingerprint density at radius 2 is 2.35 bits per heavy atom. The molecule has 4 heteroatoms. The maximum Gasteiger partial charge on any atom is 0.128 e. The molecule has 0 aliphatic heterocycles. The zero-order valence-electron chi connectivity index (χ0n) is 12.0. The van der Waals surface area contributed by atoms with Gasteiger partial charge in [-0.3, -0.25) is 0 Å². The SMILES string of the molecule is COCCN(CC1CC=CCC1)c1ccc(C#N)cn1. The number of ether oxygens (including phenoxy) is 1. The van der Waals surface area contributed by atoms with Gasteiger partial charge in [-0.15, -0.1) is 0 Å². The fourth-order valence-electron chi connectivity index (χ4n) is 2.47. The highest BCUT2D eigenvalue weighted by Gasteiger charge is 2.16. The van der Waals surface area contributed by atoms with Crippen LogP contribution in [0.25, 0.3) is 0 Å². The highest BCUT2D eigenvalue weighted by atomic mass is 16.5. The van der Waals surface area contributed by atoms with Crippen LogP contribution in [0.3, 0.4) is 0 Å². The standard InChI is InChI=1S/C16H21N3O/c1-20-10-9-19(13-14-5-3-2-4-6-14)16-8-7-15(11-17)12-18-16/h2-3,7-8,12,14H,4-6,9-10,13H2,1H3. The summed E-state index contributed by atoms with van der Waals surface area (Å²) in [5.41, 5.74) is 0.598. The molecule has 1 heterocycles. The van der Waals surface area contributed by atoms with E-state index in [9.17, 15) is 0 Å². The van der Waals surface area contributed by atoms with Crippen LogP contribution in [0, 0.1) is 17.2 Å². The molecule has 20 heavy (non-hydrogen) atoms. The molecule has 1 atom stereocenters. The second-order valence-corrected chi connectivity index (χ2v) is 5.11. The van der Waals surface area contributed by atoms with E-state index in [1.807, 2.05) is 12.1 Å². The first kappa shape index (κ1) is 14.5. The first-order chi connectivity index (χ1) is 9.83. The molecule has 4 nitrogen and oxygen atoms in total. The molecule has 1 aromatic rings. The topological polar surface area (TPSA) is 49.1 Å². The summed E-state index contributed by atoms with van der Waals surface area (Å²) in [6, 6.07) is 5.85. The number of rotatable bonds is 6. The number of nitrogens with zero attached hydrogens (tertiary/aromatic N) is 3. The van der Waals surface area contributed by atoms with E-state index in [2.05, 4.69) is 28.1 Å². The van der Waals surface area contributed by atoms with Crippen LogP contribution in [-0.2, 0) is 4.74 Å². The molecule has 0 bridgehead atoms. The summed E-state index contributed by atoms with van der Waals surface area (Å²) >= 11 is 0. The zero-order chi connectivity index (χ0) is 14.2. The van der Waals surface area contributed by atoms with Gasteiger partial charge in [0.15, 0.2) is 0 Å². The van der Waals surface area contributed by atoms with Crippen molar-refractivity contribution < 1.29 is 4.74 Å². The molecule has 1 aliphatic rings. The number of hydrogen-bond acceptors (Lipinski definition) is 4. The number of nitriles is 1. The van der Waals surface area contributed by atoms with Crippen LogP contribution >= 0.6 is 0 Å². The Labute approximate surface area is 120 Å². The second-order valence-electron chi connectivity index (χ2n) is 5.11. The molecule has 0 aromatic carbocycles. The second kappa shape index (κ2) is 7.66. The Morgan fingerprint density at radius 1 is 1.45 bits per heavy atom. The Bertz CT molecular complexity index is 475. The predicted molar refractivity (Wildman–Crippen MR) is 79.5 cm³/mol. The highest BCUT2D eigenvalue weighted by molar-refractivity contribution is 5.42. The minimum absolute atomic E-state index is 0.598. The van der Waals surface area contributed by atoms with Gasteiger partial charge in [-0.05, 0) is 37.3 Å². The smallest absolute Gasteiger partial charge is 0.128 e. The molecule has 0 amide bonds. The fraction of sp³-hybridized carbons (Fsp3) is 0.500. The Kier molecular flexibility index (Phi) is 5.57. The van der Waals surface area contributed by atoms with Crippen molar-refractivity contribution in [3.8, 4) is 6.07 Å². The molecule has 0 radical (unpaired) electrons. The number of anilines is 1. The molecule has 0 spiro atoms. The first-order valence-corrected chi connectivity index (χ1v) is 7.08. The molecular weight excluding hydrogens is 250 g/mol. The number of pyridine rings is 1. The van der Waals surface area contributed by atoms with Crippen molar-refractivity contribution in [1.82, 2.24) is 4.98 Å². The third kappa shape index (κ3) is 4.07. The number of methoxy groups -OCH3 is 1. The van der Waals surface area contributed by atoms with Crippen LogP contribution in [0.1, 0.15) is 24.8 Å². The molecular formula is C16H21N3O. The van der Waals surface area contributed by atoms with Crippen molar-refractivity contribution in [1.29, 1.82) is 5.26 Å². The van der Waals surface area contributed by atoms with E-state index >= 15 is 0 Å². The summed E-state index contributed by atoms with van der Waals surface area (Å²) in [5, 5.41) is 8.84. The number of hydrogen-bond donors (Lipinski definition) is 0. The summed E-state index contributed by atoms with van der Waals surface area (Å²) in [6.45, 7) is 2.51. The molecule has 2 rings (SSSR count). The van der Waals surface area contributed by atoms with Crippen molar-refractivity contribution in [3.05, 3.63) is 36.0 Å². The van der Waals surface area contributed by atoms with Gasteiger partial charge in [0, 0.05) is 26.4 Å². The Balaban J connectivity index is 2.04. The minimum atomic E-state index is 0.598. The average Bonchev–Trinajstić information content (AvgIpc) is 2.52. The van der Waals surface area contributed by atoms with Gasteiger partial charge < -0.3 is 9.64 Å². The monoisotopic (exact) mass is 271 g/mol. The third-order valence-electron chi connectivity index (χ3n) is 3.62. The summed E-state index contributed by atoms with van der Waals surface area (Å²) < 4.78 is 5.19.